The van der Waals surface area contributed by atoms with Gasteiger partial charge in [0.25, 0.3) is 0 Å². The number of fused-ring (bicyclic) bond motifs is 1. The average molecular weight is 351 g/mol. The third kappa shape index (κ3) is 3.13. The SMILES string of the molecule is CCCCOC(=O)C1CCC2CCCN2C1I. The number of carbonyl (C=O) groups excluding carboxylic acids is 1. The molecule has 0 aromatic rings. The summed E-state index contributed by atoms with van der Waals surface area (Å²) in [5.41, 5.74) is 0. The lowest BCUT2D eigenvalue weighted by Gasteiger charge is -2.38. The normalized spacial score (nSPS) is 33.4. The lowest BCUT2D eigenvalue weighted by Crippen LogP contribution is -2.47. The summed E-state index contributed by atoms with van der Waals surface area (Å²) in [6.45, 7) is 3.88. The van der Waals surface area contributed by atoms with E-state index in [-0.39, 0.29) is 11.9 Å². The Morgan fingerprint density at radius 1 is 1.41 bits per heavy atom. The van der Waals surface area contributed by atoms with Crippen LogP contribution >= 0.6 is 22.6 Å². The van der Waals surface area contributed by atoms with Gasteiger partial charge in [-0.25, -0.2) is 0 Å². The summed E-state index contributed by atoms with van der Waals surface area (Å²) in [5, 5.41) is 0. The first-order valence-corrected chi connectivity index (χ1v) is 8.05. The molecule has 0 amide bonds. The van der Waals surface area contributed by atoms with Crippen LogP contribution in [-0.2, 0) is 9.53 Å². The van der Waals surface area contributed by atoms with Crippen molar-refractivity contribution < 1.29 is 9.53 Å². The van der Waals surface area contributed by atoms with Crippen molar-refractivity contribution in [2.45, 2.75) is 55.5 Å². The first kappa shape index (κ1) is 13.6. The lowest BCUT2D eigenvalue weighted by atomic mass is 9.93. The van der Waals surface area contributed by atoms with Gasteiger partial charge in [0.05, 0.1) is 16.6 Å². The van der Waals surface area contributed by atoms with Crippen LogP contribution in [0.4, 0.5) is 0 Å². The van der Waals surface area contributed by atoms with Crippen molar-refractivity contribution in [1.29, 1.82) is 0 Å². The number of ether oxygens (including phenoxy) is 1. The summed E-state index contributed by atoms with van der Waals surface area (Å²) in [4.78, 5) is 14.5. The minimum Gasteiger partial charge on any atom is -0.465 e. The van der Waals surface area contributed by atoms with Gasteiger partial charge < -0.3 is 4.74 Å². The monoisotopic (exact) mass is 351 g/mol. The summed E-state index contributed by atoms with van der Waals surface area (Å²) in [7, 11) is 0. The second kappa shape index (κ2) is 6.36. The topological polar surface area (TPSA) is 29.5 Å². The molecule has 2 aliphatic rings. The number of hydrogen-bond acceptors (Lipinski definition) is 3. The Bertz CT molecular complexity index is 272. The summed E-state index contributed by atoms with van der Waals surface area (Å²) in [6, 6.07) is 0.733. The first-order chi connectivity index (χ1) is 8.24. The molecule has 3 nitrogen and oxygen atoms in total. The zero-order chi connectivity index (χ0) is 12.3. The average Bonchev–Trinajstić information content (AvgIpc) is 2.78. The van der Waals surface area contributed by atoms with Crippen LogP contribution in [0.5, 0.6) is 0 Å². The fraction of sp³-hybridized carbons (Fsp3) is 0.923. The number of piperidine rings is 1. The van der Waals surface area contributed by atoms with Crippen LogP contribution < -0.4 is 0 Å². The maximum Gasteiger partial charge on any atom is 0.311 e. The van der Waals surface area contributed by atoms with E-state index in [4.69, 9.17) is 4.74 Å². The molecule has 0 N–H and O–H groups in total. The van der Waals surface area contributed by atoms with E-state index in [1.165, 1.54) is 19.3 Å². The molecule has 2 saturated heterocycles. The standard InChI is InChI=1S/C13H22INO2/c1-2-3-9-17-13(16)11-7-6-10-5-4-8-15(10)12(11)14/h10-12H,2-9H2,1H3. The minimum absolute atomic E-state index is 0.0307. The third-order valence-corrected chi connectivity index (χ3v) is 5.51. The Morgan fingerprint density at radius 3 is 3.00 bits per heavy atom. The largest absolute Gasteiger partial charge is 0.465 e. The molecule has 0 aromatic heterocycles. The lowest BCUT2D eigenvalue weighted by molar-refractivity contribution is -0.151. The molecule has 3 atom stereocenters. The first-order valence-electron chi connectivity index (χ1n) is 6.80. The molecule has 0 bridgehead atoms. The fourth-order valence-electron chi connectivity index (χ4n) is 2.89. The Balaban J connectivity index is 1.86. The number of halogens is 1. The molecular weight excluding hydrogens is 329 g/mol. The highest BCUT2D eigenvalue weighted by atomic mass is 127. The number of rotatable bonds is 4. The van der Waals surface area contributed by atoms with Crippen LogP contribution in [0.25, 0.3) is 0 Å². The smallest absolute Gasteiger partial charge is 0.311 e. The highest BCUT2D eigenvalue weighted by Gasteiger charge is 2.41. The summed E-state index contributed by atoms with van der Waals surface area (Å²) in [5.74, 6) is 0.130. The van der Waals surface area contributed by atoms with Gasteiger partial charge in [-0.05, 0) is 38.6 Å². The number of unbranched alkanes of at least 4 members (excludes halogenated alkanes) is 1. The van der Waals surface area contributed by atoms with Gasteiger partial charge in [0.1, 0.15) is 0 Å². The van der Waals surface area contributed by atoms with Crippen molar-refractivity contribution >= 4 is 28.6 Å². The molecule has 4 heteroatoms. The Labute approximate surface area is 117 Å². The van der Waals surface area contributed by atoms with Crippen molar-refractivity contribution in [3.05, 3.63) is 0 Å². The van der Waals surface area contributed by atoms with Crippen LogP contribution in [0, 0.1) is 5.92 Å². The van der Waals surface area contributed by atoms with Crippen LogP contribution in [0.1, 0.15) is 45.4 Å². The molecule has 0 radical (unpaired) electrons. The zero-order valence-electron chi connectivity index (χ0n) is 10.5. The molecule has 2 rings (SSSR count). The van der Waals surface area contributed by atoms with E-state index in [1.54, 1.807) is 0 Å². The third-order valence-electron chi connectivity index (χ3n) is 3.93. The van der Waals surface area contributed by atoms with E-state index in [9.17, 15) is 4.79 Å². The minimum atomic E-state index is 0.0307. The Morgan fingerprint density at radius 2 is 2.24 bits per heavy atom. The van der Waals surface area contributed by atoms with Crippen molar-refractivity contribution in [3.8, 4) is 0 Å². The van der Waals surface area contributed by atoms with Crippen molar-refractivity contribution in [3.63, 3.8) is 0 Å². The maximum atomic E-state index is 12.0. The molecule has 2 fully saturated rings. The predicted octanol–water partition coefficient (Wildman–Crippen LogP) is 2.97. The highest BCUT2D eigenvalue weighted by Crippen LogP contribution is 2.37. The van der Waals surface area contributed by atoms with E-state index < -0.39 is 0 Å². The van der Waals surface area contributed by atoms with Gasteiger partial charge in [0.15, 0.2) is 0 Å². The predicted molar refractivity (Wildman–Crippen MR) is 76.1 cm³/mol. The maximum absolute atomic E-state index is 12.0. The van der Waals surface area contributed by atoms with E-state index in [2.05, 4.69) is 34.4 Å². The van der Waals surface area contributed by atoms with Gasteiger partial charge in [-0.1, -0.05) is 35.9 Å². The number of carbonyl (C=O) groups is 1. The van der Waals surface area contributed by atoms with Crippen LogP contribution in [0.15, 0.2) is 0 Å². The molecule has 0 spiro atoms. The molecular formula is C13H22INO2. The van der Waals surface area contributed by atoms with Crippen molar-refractivity contribution in [1.82, 2.24) is 4.90 Å². The van der Waals surface area contributed by atoms with Gasteiger partial charge in [-0.2, -0.15) is 0 Å². The van der Waals surface area contributed by atoms with Crippen molar-refractivity contribution in [2.24, 2.45) is 5.92 Å². The highest BCUT2D eigenvalue weighted by molar-refractivity contribution is 14.1. The summed E-state index contributed by atoms with van der Waals surface area (Å²) >= 11 is 2.44. The molecule has 0 aromatic carbocycles. The van der Waals surface area contributed by atoms with Gasteiger partial charge in [-0.3, -0.25) is 9.69 Å². The van der Waals surface area contributed by atoms with Crippen molar-refractivity contribution in [2.75, 3.05) is 13.2 Å². The second-order valence-corrected chi connectivity index (χ2v) is 6.39. The molecule has 0 saturated carbocycles. The molecule has 0 aliphatic carbocycles. The van der Waals surface area contributed by atoms with E-state index in [1.807, 2.05) is 0 Å². The van der Waals surface area contributed by atoms with E-state index in [0.29, 0.717) is 10.7 Å². The summed E-state index contributed by atoms with van der Waals surface area (Å²) in [6.07, 6.45) is 6.86. The molecule has 3 unspecified atom stereocenters. The zero-order valence-corrected chi connectivity index (χ0v) is 12.7. The Kier molecular flexibility index (Phi) is 5.09. The van der Waals surface area contributed by atoms with Crippen LogP contribution in [-0.4, -0.2) is 34.1 Å². The molecule has 2 aliphatic heterocycles. The molecule has 98 valence electrons. The number of hydrogen-bond donors (Lipinski definition) is 0. The van der Waals surface area contributed by atoms with Gasteiger partial charge >= 0.3 is 5.97 Å². The summed E-state index contributed by atoms with van der Waals surface area (Å²) < 4.78 is 5.72. The second-order valence-electron chi connectivity index (χ2n) is 5.11. The Hall–Kier alpha value is 0.160. The van der Waals surface area contributed by atoms with Crippen LogP contribution in [0.2, 0.25) is 0 Å². The van der Waals surface area contributed by atoms with Gasteiger partial charge in [-0.15, -0.1) is 0 Å². The van der Waals surface area contributed by atoms with E-state index in [0.717, 1.165) is 31.8 Å². The molecule has 2 heterocycles. The van der Waals surface area contributed by atoms with E-state index >= 15 is 0 Å². The number of esters is 1. The number of nitrogens with zero attached hydrogens (tertiary/aromatic N) is 1. The van der Waals surface area contributed by atoms with Gasteiger partial charge in [0.2, 0.25) is 0 Å². The fourth-order valence-corrected chi connectivity index (χ4v) is 4.27. The number of alkyl halides is 1. The van der Waals surface area contributed by atoms with Crippen LogP contribution in [0.3, 0.4) is 0 Å². The van der Waals surface area contributed by atoms with Gasteiger partial charge in [0, 0.05) is 6.04 Å². The quantitative estimate of drug-likeness (QED) is 0.256. The molecule has 17 heavy (non-hydrogen) atoms.